The van der Waals surface area contributed by atoms with Gasteiger partial charge < -0.3 is 4.74 Å². The summed E-state index contributed by atoms with van der Waals surface area (Å²) in [5.74, 6) is 0.243. The zero-order valence-corrected chi connectivity index (χ0v) is 13.5. The number of ether oxygens (including phenoxy) is 1. The van der Waals surface area contributed by atoms with Crippen LogP contribution in [0, 0.1) is 37.8 Å². The normalized spacial score (nSPS) is 10.3. The van der Waals surface area contributed by atoms with Gasteiger partial charge in [0.25, 0.3) is 5.69 Å². The standard InChI is InChI=1S/C17H18N2O4/c1-10-9-11(2)16(13(4)12(10)3)18-17(20)23-15-7-5-14(6-8-15)19(21)22/h5-9H,1-4H3,(H,18,20). The van der Waals surface area contributed by atoms with Crippen molar-refractivity contribution in [3.8, 4) is 5.75 Å². The number of amides is 1. The highest BCUT2D eigenvalue weighted by atomic mass is 16.6. The van der Waals surface area contributed by atoms with Crippen molar-refractivity contribution in [3.63, 3.8) is 0 Å². The van der Waals surface area contributed by atoms with Gasteiger partial charge in [-0.3, -0.25) is 15.4 Å². The van der Waals surface area contributed by atoms with Crippen LogP contribution in [0.25, 0.3) is 0 Å². The number of rotatable bonds is 3. The molecule has 1 N–H and O–H groups in total. The summed E-state index contributed by atoms with van der Waals surface area (Å²) >= 11 is 0. The molecular weight excluding hydrogens is 296 g/mol. The summed E-state index contributed by atoms with van der Waals surface area (Å²) in [6.45, 7) is 7.88. The third-order valence-corrected chi connectivity index (χ3v) is 3.84. The summed E-state index contributed by atoms with van der Waals surface area (Å²) in [6.07, 6.45) is -0.631. The first-order valence-electron chi connectivity index (χ1n) is 7.10. The SMILES string of the molecule is Cc1cc(C)c(NC(=O)Oc2ccc([N+](=O)[O-])cc2)c(C)c1C. The van der Waals surface area contributed by atoms with Crippen molar-refractivity contribution < 1.29 is 14.5 Å². The third kappa shape index (κ3) is 3.66. The van der Waals surface area contributed by atoms with Crippen molar-refractivity contribution in [2.24, 2.45) is 0 Å². The summed E-state index contributed by atoms with van der Waals surface area (Å²) in [4.78, 5) is 22.1. The highest BCUT2D eigenvalue weighted by Crippen LogP contribution is 2.26. The van der Waals surface area contributed by atoms with Crippen LogP contribution < -0.4 is 10.1 Å². The van der Waals surface area contributed by atoms with E-state index in [4.69, 9.17) is 4.74 Å². The molecule has 120 valence electrons. The molecule has 0 aliphatic rings. The molecule has 6 nitrogen and oxygen atoms in total. The van der Waals surface area contributed by atoms with Gasteiger partial charge in [-0.1, -0.05) is 6.07 Å². The second-order valence-corrected chi connectivity index (χ2v) is 5.40. The number of anilines is 1. The lowest BCUT2D eigenvalue weighted by atomic mass is 9.98. The minimum absolute atomic E-state index is 0.0568. The van der Waals surface area contributed by atoms with E-state index in [1.807, 2.05) is 33.8 Å². The van der Waals surface area contributed by atoms with Crippen LogP contribution in [0.2, 0.25) is 0 Å². The number of nitrogens with one attached hydrogen (secondary N) is 1. The molecule has 0 aliphatic heterocycles. The number of non-ortho nitro benzene ring substituents is 1. The molecule has 0 atom stereocenters. The van der Waals surface area contributed by atoms with Gasteiger partial charge in [0.1, 0.15) is 5.75 Å². The van der Waals surface area contributed by atoms with E-state index in [2.05, 4.69) is 5.32 Å². The Morgan fingerprint density at radius 1 is 1.04 bits per heavy atom. The van der Waals surface area contributed by atoms with E-state index in [-0.39, 0.29) is 11.4 Å². The fourth-order valence-corrected chi connectivity index (χ4v) is 2.35. The number of benzene rings is 2. The topological polar surface area (TPSA) is 81.5 Å². The van der Waals surface area contributed by atoms with E-state index in [0.29, 0.717) is 0 Å². The average molecular weight is 314 g/mol. The van der Waals surface area contributed by atoms with Crippen molar-refractivity contribution in [3.05, 3.63) is 62.7 Å². The van der Waals surface area contributed by atoms with Gasteiger partial charge in [0.15, 0.2) is 0 Å². The van der Waals surface area contributed by atoms with Gasteiger partial charge in [-0.15, -0.1) is 0 Å². The molecule has 0 unspecified atom stereocenters. The number of carbonyl (C=O) groups excluding carboxylic acids is 1. The van der Waals surface area contributed by atoms with Crippen molar-refractivity contribution in [1.82, 2.24) is 0 Å². The molecule has 2 aromatic rings. The molecular formula is C17H18N2O4. The lowest BCUT2D eigenvalue weighted by Gasteiger charge is -2.15. The smallest absolute Gasteiger partial charge is 0.410 e. The minimum Gasteiger partial charge on any atom is -0.410 e. The van der Waals surface area contributed by atoms with Gasteiger partial charge in [0.2, 0.25) is 0 Å². The van der Waals surface area contributed by atoms with E-state index in [1.54, 1.807) is 0 Å². The van der Waals surface area contributed by atoms with Gasteiger partial charge in [0, 0.05) is 12.1 Å². The third-order valence-electron chi connectivity index (χ3n) is 3.84. The maximum absolute atomic E-state index is 12.0. The highest BCUT2D eigenvalue weighted by Gasteiger charge is 2.13. The summed E-state index contributed by atoms with van der Waals surface area (Å²) in [5.41, 5.74) is 4.88. The number of hydrogen-bond acceptors (Lipinski definition) is 4. The minimum atomic E-state index is -0.631. The second-order valence-electron chi connectivity index (χ2n) is 5.40. The molecule has 0 aromatic heterocycles. The molecule has 2 rings (SSSR count). The van der Waals surface area contributed by atoms with E-state index >= 15 is 0 Å². The predicted octanol–water partition coefficient (Wildman–Crippen LogP) is 4.44. The first kappa shape index (κ1) is 16.5. The second kappa shape index (κ2) is 6.48. The van der Waals surface area contributed by atoms with Crippen molar-refractivity contribution >= 4 is 17.5 Å². The van der Waals surface area contributed by atoms with Gasteiger partial charge in [-0.2, -0.15) is 0 Å². The Labute approximate surface area is 134 Å². The molecule has 0 fully saturated rings. The molecule has 0 radical (unpaired) electrons. The molecule has 23 heavy (non-hydrogen) atoms. The number of hydrogen-bond donors (Lipinski definition) is 1. The van der Waals surface area contributed by atoms with Crippen LogP contribution in [-0.2, 0) is 0 Å². The summed E-state index contributed by atoms with van der Waals surface area (Å²) in [5, 5.41) is 13.3. The summed E-state index contributed by atoms with van der Waals surface area (Å²) < 4.78 is 5.16. The largest absolute Gasteiger partial charge is 0.417 e. The van der Waals surface area contributed by atoms with Gasteiger partial charge >= 0.3 is 6.09 Å². The van der Waals surface area contributed by atoms with Gasteiger partial charge in [-0.25, -0.2) is 4.79 Å². The van der Waals surface area contributed by atoms with Crippen LogP contribution in [0.3, 0.4) is 0 Å². The molecule has 0 saturated carbocycles. The van der Waals surface area contributed by atoms with Crippen LogP contribution in [0.1, 0.15) is 22.3 Å². The molecule has 0 aliphatic carbocycles. The number of aryl methyl sites for hydroxylation is 2. The average Bonchev–Trinajstić information content (AvgIpc) is 2.50. The maximum Gasteiger partial charge on any atom is 0.417 e. The Hall–Kier alpha value is -2.89. The lowest BCUT2D eigenvalue weighted by molar-refractivity contribution is -0.384. The number of nitro groups is 1. The molecule has 1 amide bonds. The van der Waals surface area contributed by atoms with Crippen molar-refractivity contribution in [2.45, 2.75) is 27.7 Å². The Morgan fingerprint density at radius 2 is 1.65 bits per heavy atom. The number of carbonyl (C=O) groups is 1. The van der Waals surface area contributed by atoms with Gasteiger partial charge in [0.05, 0.1) is 10.6 Å². The monoisotopic (exact) mass is 314 g/mol. The fourth-order valence-electron chi connectivity index (χ4n) is 2.35. The molecule has 0 heterocycles. The number of nitro benzene ring substituents is 1. The Bertz CT molecular complexity index is 767. The summed E-state index contributed by atoms with van der Waals surface area (Å²) in [7, 11) is 0. The van der Waals surface area contributed by atoms with E-state index in [1.165, 1.54) is 24.3 Å². The van der Waals surface area contributed by atoms with Crippen molar-refractivity contribution in [2.75, 3.05) is 5.32 Å². The predicted molar refractivity (Wildman–Crippen MR) is 88.1 cm³/mol. The van der Waals surface area contributed by atoms with Crippen LogP contribution in [0.5, 0.6) is 5.75 Å². The first-order valence-corrected chi connectivity index (χ1v) is 7.10. The molecule has 0 spiro atoms. The van der Waals surface area contributed by atoms with E-state index in [0.717, 1.165) is 27.9 Å². The number of nitrogens with zero attached hydrogens (tertiary/aromatic N) is 1. The zero-order chi connectivity index (χ0) is 17.1. The van der Waals surface area contributed by atoms with Crippen LogP contribution in [0.15, 0.2) is 30.3 Å². The fraction of sp³-hybridized carbons (Fsp3) is 0.235. The molecule has 2 aromatic carbocycles. The van der Waals surface area contributed by atoms with Crippen LogP contribution in [-0.4, -0.2) is 11.0 Å². The molecule has 6 heteroatoms. The first-order chi connectivity index (χ1) is 10.8. The van der Waals surface area contributed by atoms with E-state index < -0.39 is 11.0 Å². The van der Waals surface area contributed by atoms with Crippen molar-refractivity contribution in [1.29, 1.82) is 0 Å². The Morgan fingerprint density at radius 3 is 2.22 bits per heavy atom. The Kier molecular flexibility index (Phi) is 4.64. The Balaban J connectivity index is 2.14. The molecule has 0 saturated heterocycles. The zero-order valence-electron chi connectivity index (χ0n) is 13.5. The van der Waals surface area contributed by atoms with Crippen LogP contribution in [0.4, 0.5) is 16.2 Å². The molecule has 0 bridgehead atoms. The summed E-state index contributed by atoms with van der Waals surface area (Å²) in [6, 6.07) is 7.35. The maximum atomic E-state index is 12.0. The highest BCUT2D eigenvalue weighted by molar-refractivity contribution is 5.88. The van der Waals surface area contributed by atoms with Crippen LogP contribution >= 0.6 is 0 Å². The lowest BCUT2D eigenvalue weighted by Crippen LogP contribution is -2.18. The quantitative estimate of drug-likeness (QED) is 0.670. The van der Waals surface area contributed by atoms with E-state index in [9.17, 15) is 14.9 Å². The van der Waals surface area contributed by atoms with Gasteiger partial charge in [-0.05, 0) is 62.1 Å².